The van der Waals surface area contributed by atoms with Gasteiger partial charge in [-0.25, -0.2) is 9.07 Å². The molecule has 0 fully saturated rings. The first kappa shape index (κ1) is 18.5. The third-order valence-electron chi connectivity index (χ3n) is 4.16. The quantitative estimate of drug-likeness (QED) is 0.731. The van der Waals surface area contributed by atoms with Gasteiger partial charge in [0.1, 0.15) is 11.5 Å². The second-order valence-corrected chi connectivity index (χ2v) is 6.33. The van der Waals surface area contributed by atoms with E-state index in [0.717, 1.165) is 16.7 Å². The fourth-order valence-electron chi connectivity index (χ4n) is 2.61. The second kappa shape index (κ2) is 8.40. The third-order valence-corrected chi connectivity index (χ3v) is 4.16. The molecule has 0 aliphatic carbocycles. The molecule has 27 heavy (non-hydrogen) atoms. The van der Waals surface area contributed by atoms with E-state index in [1.807, 2.05) is 31.2 Å². The number of nitrogens with zero attached hydrogens (tertiary/aromatic N) is 2. The summed E-state index contributed by atoms with van der Waals surface area (Å²) >= 11 is 0. The van der Waals surface area contributed by atoms with Crippen LogP contribution in [0.5, 0.6) is 0 Å². The van der Waals surface area contributed by atoms with Crippen molar-refractivity contribution in [1.82, 2.24) is 15.1 Å². The Morgan fingerprint density at radius 1 is 1.00 bits per heavy atom. The molecule has 0 saturated heterocycles. The van der Waals surface area contributed by atoms with Crippen LogP contribution in [0, 0.1) is 12.7 Å². The highest BCUT2D eigenvalue weighted by molar-refractivity contribution is 5.91. The predicted molar refractivity (Wildman–Crippen MR) is 101 cm³/mol. The lowest BCUT2D eigenvalue weighted by Gasteiger charge is -2.08. The van der Waals surface area contributed by atoms with Crippen molar-refractivity contribution in [1.29, 1.82) is 0 Å². The number of hydrogen-bond donors (Lipinski definition) is 1. The van der Waals surface area contributed by atoms with Crippen LogP contribution in [0.2, 0.25) is 0 Å². The average Bonchev–Trinajstić information content (AvgIpc) is 2.67. The van der Waals surface area contributed by atoms with Gasteiger partial charge in [0.05, 0.1) is 6.54 Å². The molecule has 0 unspecified atom stereocenters. The van der Waals surface area contributed by atoms with Crippen molar-refractivity contribution in [2.45, 2.75) is 19.9 Å². The lowest BCUT2D eigenvalue weighted by atomic mass is 10.1. The lowest BCUT2D eigenvalue weighted by molar-refractivity contribution is 0.0946. The van der Waals surface area contributed by atoms with Crippen LogP contribution < -0.4 is 10.9 Å². The van der Waals surface area contributed by atoms with Gasteiger partial charge in [0.2, 0.25) is 0 Å². The van der Waals surface area contributed by atoms with E-state index < -0.39 is 0 Å². The molecule has 0 saturated carbocycles. The van der Waals surface area contributed by atoms with Crippen LogP contribution in [0.3, 0.4) is 0 Å². The van der Waals surface area contributed by atoms with Gasteiger partial charge in [0, 0.05) is 12.6 Å². The first-order valence-corrected chi connectivity index (χ1v) is 8.67. The number of carbonyl (C=O) groups excluding carboxylic acids is 1. The second-order valence-electron chi connectivity index (χ2n) is 6.33. The van der Waals surface area contributed by atoms with Crippen LogP contribution in [0.1, 0.15) is 27.2 Å². The van der Waals surface area contributed by atoms with Gasteiger partial charge in [-0.3, -0.25) is 9.59 Å². The number of nitrogens with one attached hydrogen (secondary N) is 1. The van der Waals surface area contributed by atoms with Gasteiger partial charge < -0.3 is 5.32 Å². The Labute approximate surface area is 156 Å². The van der Waals surface area contributed by atoms with E-state index in [4.69, 9.17) is 0 Å². The zero-order chi connectivity index (χ0) is 19.2. The van der Waals surface area contributed by atoms with Gasteiger partial charge in [-0.1, -0.05) is 42.0 Å². The van der Waals surface area contributed by atoms with Crippen molar-refractivity contribution in [2.24, 2.45) is 0 Å². The molecule has 6 heteroatoms. The van der Waals surface area contributed by atoms with Gasteiger partial charge in [-0.05, 0) is 42.7 Å². The molecular weight excluding hydrogens is 345 g/mol. The van der Waals surface area contributed by atoms with E-state index >= 15 is 0 Å². The van der Waals surface area contributed by atoms with Crippen LogP contribution in [0.15, 0.2) is 65.5 Å². The molecule has 2 aromatic carbocycles. The van der Waals surface area contributed by atoms with E-state index in [1.54, 1.807) is 12.1 Å². The number of rotatable bonds is 6. The summed E-state index contributed by atoms with van der Waals surface area (Å²) in [6.07, 6.45) is 0.578. The molecule has 0 bridgehead atoms. The fraction of sp³-hybridized carbons (Fsp3) is 0.190. The summed E-state index contributed by atoms with van der Waals surface area (Å²) in [6.45, 7) is 2.68. The van der Waals surface area contributed by atoms with Crippen LogP contribution >= 0.6 is 0 Å². The fourth-order valence-corrected chi connectivity index (χ4v) is 2.61. The summed E-state index contributed by atoms with van der Waals surface area (Å²) in [4.78, 5) is 24.3. The number of benzene rings is 2. The molecule has 138 valence electrons. The zero-order valence-corrected chi connectivity index (χ0v) is 15.0. The van der Waals surface area contributed by atoms with Gasteiger partial charge in [-0.2, -0.15) is 5.10 Å². The standard InChI is InChI=1S/C21H20FN3O2/c1-15-2-4-17(5-3-15)14-25-20(26)11-10-19(24-25)21(27)23-13-12-16-6-8-18(22)9-7-16/h2-11H,12-14H2,1H3,(H,23,27). The molecule has 0 aliphatic heterocycles. The van der Waals surface area contributed by atoms with Crippen molar-refractivity contribution < 1.29 is 9.18 Å². The Bertz CT molecular complexity index is 980. The molecule has 0 atom stereocenters. The minimum absolute atomic E-state index is 0.181. The molecule has 0 spiro atoms. The van der Waals surface area contributed by atoms with Gasteiger partial charge >= 0.3 is 0 Å². The number of carbonyl (C=O) groups is 1. The zero-order valence-electron chi connectivity index (χ0n) is 15.0. The molecule has 1 aromatic heterocycles. The van der Waals surface area contributed by atoms with Crippen LogP contribution in [0.4, 0.5) is 4.39 Å². The van der Waals surface area contributed by atoms with Crippen molar-refractivity contribution >= 4 is 5.91 Å². The number of aryl methyl sites for hydroxylation is 1. The summed E-state index contributed by atoms with van der Waals surface area (Å²) in [5, 5.41) is 6.94. The normalized spacial score (nSPS) is 10.6. The number of amides is 1. The SMILES string of the molecule is Cc1ccc(Cn2nc(C(=O)NCCc3ccc(F)cc3)ccc2=O)cc1. The molecule has 3 rings (SSSR count). The highest BCUT2D eigenvalue weighted by atomic mass is 19.1. The maximum absolute atomic E-state index is 12.9. The minimum atomic E-state index is -0.352. The third kappa shape index (κ3) is 5.10. The van der Waals surface area contributed by atoms with Crippen molar-refractivity contribution in [2.75, 3.05) is 6.54 Å². The Morgan fingerprint density at radius 2 is 1.67 bits per heavy atom. The summed E-state index contributed by atoms with van der Waals surface area (Å²) < 4.78 is 14.2. The molecule has 5 nitrogen and oxygen atoms in total. The van der Waals surface area contributed by atoms with Crippen molar-refractivity contribution in [3.05, 3.63) is 99.2 Å². The molecular formula is C21H20FN3O2. The summed E-state index contributed by atoms with van der Waals surface area (Å²) in [5.41, 5.74) is 2.91. The predicted octanol–water partition coefficient (Wildman–Crippen LogP) is 2.71. The highest BCUT2D eigenvalue weighted by Crippen LogP contribution is 2.05. The van der Waals surface area contributed by atoms with Crippen LogP contribution in [-0.4, -0.2) is 22.2 Å². The maximum atomic E-state index is 12.9. The largest absolute Gasteiger partial charge is 0.350 e. The first-order chi connectivity index (χ1) is 13.0. The Balaban J connectivity index is 1.63. The summed E-state index contributed by atoms with van der Waals surface area (Å²) in [6, 6.07) is 16.7. The van der Waals surface area contributed by atoms with Gasteiger partial charge in [0.25, 0.3) is 11.5 Å². The highest BCUT2D eigenvalue weighted by Gasteiger charge is 2.09. The smallest absolute Gasteiger partial charge is 0.271 e. The van der Waals surface area contributed by atoms with E-state index in [1.165, 1.54) is 28.9 Å². The first-order valence-electron chi connectivity index (χ1n) is 8.67. The van der Waals surface area contributed by atoms with E-state index in [2.05, 4.69) is 10.4 Å². The number of hydrogen-bond acceptors (Lipinski definition) is 3. The van der Waals surface area contributed by atoms with Crippen LogP contribution in [0.25, 0.3) is 0 Å². The van der Waals surface area contributed by atoms with Gasteiger partial charge in [-0.15, -0.1) is 0 Å². The van der Waals surface area contributed by atoms with E-state index in [-0.39, 0.29) is 23.0 Å². The Kier molecular flexibility index (Phi) is 5.76. The van der Waals surface area contributed by atoms with Crippen molar-refractivity contribution in [3.63, 3.8) is 0 Å². The Morgan fingerprint density at radius 3 is 2.37 bits per heavy atom. The molecule has 1 amide bonds. The topological polar surface area (TPSA) is 64.0 Å². The van der Waals surface area contributed by atoms with Crippen molar-refractivity contribution in [3.8, 4) is 0 Å². The minimum Gasteiger partial charge on any atom is -0.350 e. The molecule has 3 aromatic rings. The molecule has 0 radical (unpaired) electrons. The van der Waals surface area contributed by atoms with E-state index in [0.29, 0.717) is 19.5 Å². The number of aromatic nitrogens is 2. The monoisotopic (exact) mass is 365 g/mol. The van der Waals surface area contributed by atoms with Crippen LogP contribution in [-0.2, 0) is 13.0 Å². The van der Waals surface area contributed by atoms with E-state index in [9.17, 15) is 14.0 Å². The molecule has 1 N–H and O–H groups in total. The van der Waals surface area contributed by atoms with Gasteiger partial charge in [0.15, 0.2) is 0 Å². The summed E-state index contributed by atoms with van der Waals surface area (Å²) in [5.74, 6) is -0.641. The molecule has 1 heterocycles. The lowest BCUT2D eigenvalue weighted by Crippen LogP contribution is -2.31. The Hall–Kier alpha value is -3.28. The average molecular weight is 365 g/mol. The molecule has 0 aliphatic rings. The maximum Gasteiger partial charge on any atom is 0.271 e. The number of halogens is 1. The summed E-state index contributed by atoms with van der Waals surface area (Å²) in [7, 11) is 0.